The Kier molecular flexibility index (Phi) is 7.34. The van der Waals surface area contributed by atoms with Crippen molar-refractivity contribution in [3.05, 3.63) is 0 Å². The second kappa shape index (κ2) is 9.26. The van der Waals surface area contributed by atoms with Crippen LogP contribution in [0.3, 0.4) is 0 Å². The van der Waals surface area contributed by atoms with E-state index in [0.717, 1.165) is 32.4 Å². The maximum Gasteiger partial charge on any atom is 0.401 e. The van der Waals surface area contributed by atoms with Crippen LogP contribution in [0.5, 0.6) is 0 Å². The van der Waals surface area contributed by atoms with Gasteiger partial charge in [-0.05, 0) is 32.6 Å². The second-order valence-electron chi connectivity index (χ2n) is 6.62. The smallest absolute Gasteiger partial charge is 0.357 e. The number of guanidine groups is 1. The first-order valence-electron chi connectivity index (χ1n) is 8.99. The number of carbonyl (C=O) groups excluding carboxylic acids is 1. The van der Waals surface area contributed by atoms with E-state index < -0.39 is 12.7 Å². The third-order valence-electron chi connectivity index (χ3n) is 4.44. The highest BCUT2D eigenvalue weighted by atomic mass is 19.4. The van der Waals surface area contributed by atoms with Crippen molar-refractivity contribution in [2.75, 3.05) is 45.8 Å². The highest BCUT2D eigenvalue weighted by Crippen LogP contribution is 2.19. The molecule has 1 unspecified atom stereocenters. The van der Waals surface area contributed by atoms with Gasteiger partial charge in [0.2, 0.25) is 5.91 Å². The van der Waals surface area contributed by atoms with Gasteiger partial charge in [0.25, 0.3) is 0 Å². The predicted octanol–water partition coefficient (Wildman–Crippen LogP) is 1.19. The summed E-state index contributed by atoms with van der Waals surface area (Å²) in [5.74, 6) is 0.494. The number of nitrogens with one attached hydrogen (secondary N) is 2. The van der Waals surface area contributed by atoms with Crippen molar-refractivity contribution >= 4 is 11.9 Å². The van der Waals surface area contributed by atoms with Crippen LogP contribution in [-0.2, 0) is 4.79 Å². The van der Waals surface area contributed by atoms with Crippen LogP contribution in [-0.4, -0.2) is 79.7 Å². The average molecular weight is 363 g/mol. The molecule has 2 fully saturated rings. The summed E-state index contributed by atoms with van der Waals surface area (Å²) in [7, 11) is 0. The zero-order valence-corrected chi connectivity index (χ0v) is 14.7. The number of nitrogens with zero attached hydrogens (tertiary/aromatic N) is 3. The van der Waals surface area contributed by atoms with Crippen molar-refractivity contribution in [1.29, 1.82) is 0 Å². The molecule has 1 amide bonds. The number of alkyl halides is 3. The van der Waals surface area contributed by atoms with E-state index in [1.165, 1.54) is 4.90 Å². The summed E-state index contributed by atoms with van der Waals surface area (Å²) in [6, 6.07) is -0.0924. The minimum absolute atomic E-state index is 0.00187. The van der Waals surface area contributed by atoms with Crippen molar-refractivity contribution in [2.24, 2.45) is 4.99 Å². The summed E-state index contributed by atoms with van der Waals surface area (Å²) in [6.07, 6.45) is -0.321. The van der Waals surface area contributed by atoms with Crippen molar-refractivity contribution in [2.45, 2.75) is 44.8 Å². The Labute approximate surface area is 146 Å². The number of hydrogen-bond acceptors (Lipinski definition) is 3. The minimum Gasteiger partial charge on any atom is -0.357 e. The lowest BCUT2D eigenvalue weighted by Gasteiger charge is -2.26. The molecule has 144 valence electrons. The third-order valence-corrected chi connectivity index (χ3v) is 4.44. The number of carbonyl (C=O) groups is 1. The normalized spacial score (nSPS) is 23.0. The van der Waals surface area contributed by atoms with Crippen LogP contribution in [0.25, 0.3) is 0 Å². The molecule has 0 spiro atoms. The number of likely N-dealkylation sites (tertiary alicyclic amines) is 2. The van der Waals surface area contributed by atoms with Gasteiger partial charge in [-0.3, -0.25) is 9.69 Å². The molecule has 0 bridgehead atoms. The summed E-state index contributed by atoms with van der Waals surface area (Å²) < 4.78 is 37.4. The molecule has 2 aliphatic heterocycles. The van der Waals surface area contributed by atoms with Crippen LogP contribution >= 0.6 is 0 Å². The molecule has 0 aromatic rings. The molecule has 0 radical (unpaired) electrons. The summed E-state index contributed by atoms with van der Waals surface area (Å²) in [5, 5.41) is 6.21. The lowest BCUT2D eigenvalue weighted by molar-refractivity contribution is -0.143. The molecule has 0 saturated carbocycles. The zero-order chi connectivity index (χ0) is 18.3. The van der Waals surface area contributed by atoms with Gasteiger partial charge in [-0.25, -0.2) is 4.99 Å². The van der Waals surface area contributed by atoms with E-state index >= 15 is 0 Å². The van der Waals surface area contributed by atoms with Gasteiger partial charge >= 0.3 is 6.18 Å². The van der Waals surface area contributed by atoms with E-state index in [1.54, 1.807) is 0 Å². The van der Waals surface area contributed by atoms with Crippen LogP contribution in [0.15, 0.2) is 4.99 Å². The zero-order valence-electron chi connectivity index (χ0n) is 14.7. The number of aliphatic imine (C=N–C) groups is 1. The maximum atomic E-state index is 12.5. The van der Waals surface area contributed by atoms with E-state index in [-0.39, 0.29) is 18.5 Å². The van der Waals surface area contributed by atoms with Crippen LogP contribution < -0.4 is 10.6 Å². The molecule has 2 N–H and O–H groups in total. The molecule has 2 saturated heterocycles. The molecule has 25 heavy (non-hydrogen) atoms. The molecule has 1 atom stereocenters. The van der Waals surface area contributed by atoms with Gasteiger partial charge in [0, 0.05) is 38.8 Å². The molecular weight excluding hydrogens is 335 g/mol. The standard InChI is InChI=1S/C16H28F3N5O/c1-2-20-15(21-10-14(25)24-7-4-3-5-8-24)22-13-6-9-23(11-13)12-16(17,18)19/h13H,2-12H2,1H3,(H2,20,21,22). The quantitative estimate of drug-likeness (QED) is 0.569. The van der Waals surface area contributed by atoms with Gasteiger partial charge in [0.05, 0.1) is 6.54 Å². The Morgan fingerprint density at radius 1 is 1.20 bits per heavy atom. The number of piperidine rings is 1. The van der Waals surface area contributed by atoms with Crippen LogP contribution in [0.4, 0.5) is 13.2 Å². The molecule has 0 aliphatic carbocycles. The van der Waals surface area contributed by atoms with Gasteiger partial charge in [0.15, 0.2) is 5.96 Å². The van der Waals surface area contributed by atoms with E-state index in [2.05, 4.69) is 15.6 Å². The van der Waals surface area contributed by atoms with E-state index in [1.807, 2.05) is 11.8 Å². The Bertz CT molecular complexity index is 463. The fraction of sp³-hybridized carbons (Fsp3) is 0.875. The number of amides is 1. The molecule has 6 nitrogen and oxygen atoms in total. The lowest BCUT2D eigenvalue weighted by Crippen LogP contribution is -2.46. The van der Waals surface area contributed by atoms with E-state index in [9.17, 15) is 18.0 Å². The summed E-state index contributed by atoms with van der Waals surface area (Å²) >= 11 is 0. The van der Waals surface area contributed by atoms with Gasteiger partial charge in [-0.1, -0.05) is 0 Å². The first-order valence-corrected chi connectivity index (χ1v) is 8.99. The number of hydrogen-bond donors (Lipinski definition) is 2. The van der Waals surface area contributed by atoms with Crippen molar-refractivity contribution in [3.8, 4) is 0 Å². The Morgan fingerprint density at radius 2 is 1.92 bits per heavy atom. The first kappa shape index (κ1) is 19.8. The SMILES string of the molecule is CCNC(=NCC(=O)N1CCCCC1)NC1CCN(CC(F)(F)F)C1. The summed E-state index contributed by atoms with van der Waals surface area (Å²) in [4.78, 5) is 19.7. The van der Waals surface area contributed by atoms with Gasteiger partial charge in [-0.2, -0.15) is 13.2 Å². The fourth-order valence-corrected chi connectivity index (χ4v) is 3.25. The fourth-order valence-electron chi connectivity index (χ4n) is 3.25. The van der Waals surface area contributed by atoms with E-state index in [0.29, 0.717) is 32.0 Å². The predicted molar refractivity (Wildman–Crippen MR) is 90.4 cm³/mol. The largest absolute Gasteiger partial charge is 0.401 e. The first-order chi connectivity index (χ1) is 11.9. The van der Waals surface area contributed by atoms with E-state index in [4.69, 9.17) is 0 Å². The van der Waals surface area contributed by atoms with Crippen LogP contribution in [0.1, 0.15) is 32.6 Å². The highest BCUT2D eigenvalue weighted by Gasteiger charge is 2.34. The minimum atomic E-state index is -4.17. The Morgan fingerprint density at radius 3 is 2.56 bits per heavy atom. The molecule has 9 heteroatoms. The molecule has 0 aromatic carbocycles. The lowest BCUT2D eigenvalue weighted by atomic mass is 10.1. The maximum absolute atomic E-state index is 12.5. The average Bonchev–Trinajstić information content (AvgIpc) is 2.98. The van der Waals surface area contributed by atoms with Crippen LogP contribution in [0, 0.1) is 0 Å². The van der Waals surface area contributed by atoms with Crippen molar-refractivity contribution < 1.29 is 18.0 Å². The second-order valence-corrected chi connectivity index (χ2v) is 6.62. The summed E-state index contributed by atoms with van der Waals surface area (Å²) in [5.41, 5.74) is 0. The van der Waals surface area contributed by atoms with Crippen molar-refractivity contribution in [1.82, 2.24) is 20.4 Å². The number of halogens is 3. The monoisotopic (exact) mass is 363 g/mol. The highest BCUT2D eigenvalue weighted by molar-refractivity contribution is 5.85. The molecular formula is C16H28F3N5O. The number of rotatable bonds is 5. The molecule has 2 heterocycles. The van der Waals surface area contributed by atoms with Gasteiger partial charge < -0.3 is 15.5 Å². The summed E-state index contributed by atoms with van der Waals surface area (Å²) in [6.45, 7) is 4.02. The molecule has 0 aromatic heterocycles. The Hall–Kier alpha value is -1.51. The molecule has 2 rings (SSSR count). The van der Waals surface area contributed by atoms with Gasteiger partial charge in [0.1, 0.15) is 6.54 Å². The molecule has 2 aliphatic rings. The third kappa shape index (κ3) is 7.09. The topological polar surface area (TPSA) is 60.0 Å². The van der Waals surface area contributed by atoms with Gasteiger partial charge in [-0.15, -0.1) is 0 Å². The van der Waals surface area contributed by atoms with Crippen molar-refractivity contribution in [3.63, 3.8) is 0 Å². The van der Waals surface area contributed by atoms with Crippen LogP contribution in [0.2, 0.25) is 0 Å². The Balaban J connectivity index is 1.82.